The summed E-state index contributed by atoms with van der Waals surface area (Å²) in [5.41, 5.74) is 0.778. The van der Waals surface area contributed by atoms with E-state index >= 15 is 0 Å². The summed E-state index contributed by atoms with van der Waals surface area (Å²) in [7, 11) is 0. The van der Waals surface area contributed by atoms with Gasteiger partial charge in [0.25, 0.3) is 0 Å². The number of halogens is 2. The van der Waals surface area contributed by atoms with Gasteiger partial charge < -0.3 is 10.2 Å². The van der Waals surface area contributed by atoms with E-state index in [0.29, 0.717) is 12.1 Å². The van der Waals surface area contributed by atoms with Gasteiger partial charge in [-0.25, -0.2) is 8.78 Å². The maximum absolute atomic E-state index is 13.3. The van der Waals surface area contributed by atoms with Crippen molar-refractivity contribution in [3.8, 4) is 0 Å². The molecule has 0 bridgehead atoms. The molecule has 4 heteroatoms. The Balaban J connectivity index is 2.01. The fraction of sp³-hybridized carbons (Fsp3) is 0.600. The number of anilines is 1. The molecule has 1 saturated heterocycles. The minimum absolute atomic E-state index is 0.341. The lowest BCUT2D eigenvalue weighted by Crippen LogP contribution is -2.47. The van der Waals surface area contributed by atoms with Crippen molar-refractivity contribution < 1.29 is 8.78 Å². The molecular weight excluding hydrogens is 246 g/mol. The summed E-state index contributed by atoms with van der Waals surface area (Å²) in [5.74, 6) is -1.55. The van der Waals surface area contributed by atoms with E-state index < -0.39 is 11.6 Å². The Kier molecular flexibility index (Phi) is 4.75. The molecule has 0 aromatic heterocycles. The molecule has 1 N–H and O–H groups in total. The molecule has 0 aliphatic carbocycles. The molecule has 2 nitrogen and oxygen atoms in total. The van der Waals surface area contributed by atoms with Gasteiger partial charge in [0.2, 0.25) is 0 Å². The summed E-state index contributed by atoms with van der Waals surface area (Å²) in [4.78, 5) is 2.16. The normalized spacial score (nSPS) is 23.7. The summed E-state index contributed by atoms with van der Waals surface area (Å²) in [6.07, 6.45) is 3.22. The highest BCUT2D eigenvalue weighted by atomic mass is 19.2. The van der Waals surface area contributed by atoms with E-state index in [2.05, 4.69) is 24.1 Å². The Bertz CT molecular complexity index is 423. The van der Waals surface area contributed by atoms with Crippen molar-refractivity contribution in [1.82, 2.24) is 5.32 Å². The van der Waals surface area contributed by atoms with Gasteiger partial charge in [-0.15, -0.1) is 0 Å². The first-order valence-electron chi connectivity index (χ1n) is 7.07. The molecule has 1 fully saturated rings. The predicted octanol–water partition coefficient (Wildman–Crippen LogP) is 3.32. The first-order valence-corrected chi connectivity index (χ1v) is 7.07. The molecular formula is C15H22F2N2. The fourth-order valence-corrected chi connectivity index (χ4v) is 2.75. The van der Waals surface area contributed by atoms with Gasteiger partial charge in [0, 0.05) is 30.4 Å². The molecule has 1 aromatic rings. The van der Waals surface area contributed by atoms with Crippen LogP contribution in [0.3, 0.4) is 0 Å². The summed E-state index contributed by atoms with van der Waals surface area (Å²) >= 11 is 0. The molecule has 106 valence electrons. The summed E-state index contributed by atoms with van der Waals surface area (Å²) in [5, 5.41) is 3.53. The molecule has 0 spiro atoms. The van der Waals surface area contributed by atoms with Gasteiger partial charge >= 0.3 is 0 Å². The van der Waals surface area contributed by atoms with Gasteiger partial charge in [0.05, 0.1) is 0 Å². The van der Waals surface area contributed by atoms with E-state index in [1.807, 2.05) is 0 Å². The van der Waals surface area contributed by atoms with Crippen molar-refractivity contribution in [2.24, 2.45) is 0 Å². The van der Waals surface area contributed by atoms with Crippen LogP contribution >= 0.6 is 0 Å². The van der Waals surface area contributed by atoms with E-state index in [-0.39, 0.29) is 0 Å². The van der Waals surface area contributed by atoms with Crippen LogP contribution < -0.4 is 10.2 Å². The number of benzene rings is 1. The van der Waals surface area contributed by atoms with Crippen LogP contribution in [0.2, 0.25) is 0 Å². The van der Waals surface area contributed by atoms with Crippen LogP contribution in [0.15, 0.2) is 18.2 Å². The topological polar surface area (TPSA) is 15.3 Å². The third-order valence-corrected chi connectivity index (χ3v) is 3.79. The number of nitrogens with one attached hydrogen (secondary N) is 1. The number of nitrogens with zero attached hydrogens (tertiary/aromatic N) is 1. The zero-order chi connectivity index (χ0) is 13.8. The van der Waals surface area contributed by atoms with Gasteiger partial charge in [-0.3, -0.25) is 0 Å². The quantitative estimate of drug-likeness (QED) is 0.901. The summed E-state index contributed by atoms with van der Waals surface area (Å²) in [6.45, 7) is 6.23. The minimum Gasteiger partial charge on any atom is -0.369 e. The molecule has 1 aliphatic heterocycles. The van der Waals surface area contributed by atoms with Gasteiger partial charge in [-0.05, 0) is 44.9 Å². The van der Waals surface area contributed by atoms with Crippen molar-refractivity contribution in [3.63, 3.8) is 0 Å². The average Bonchev–Trinajstić information content (AvgIpc) is 2.40. The second-order valence-electron chi connectivity index (χ2n) is 5.32. The molecule has 2 rings (SSSR count). The van der Waals surface area contributed by atoms with Crippen LogP contribution in [0, 0.1) is 11.6 Å². The lowest BCUT2D eigenvalue weighted by Gasteiger charge is -2.39. The average molecular weight is 268 g/mol. The zero-order valence-electron chi connectivity index (χ0n) is 11.6. The number of hydrogen-bond donors (Lipinski definition) is 1. The van der Waals surface area contributed by atoms with Crippen LogP contribution in [-0.4, -0.2) is 25.2 Å². The highest BCUT2D eigenvalue weighted by Crippen LogP contribution is 2.26. The fourth-order valence-electron chi connectivity index (χ4n) is 2.75. The van der Waals surface area contributed by atoms with Crippen LogP contribution in [0.1, 0.15) is 33.1 Å². The SMILES string of the molecule is CCCNC1CCN(c2ccc(F)c(F)c2)C(C)C1. The van der Waals surface area contributed by atoms with Crippen molar-refractivity contribution in [1.29, 1.82) is 0 Å². The van der Waals surface area contributed by atoms with E-state index in [9.17, 15) is 8.78 Å². The molecule has 2 atom stereocenters. The Labute approximate surface area is 113 Å². The third kappa shape index (κ3) is 3.44. The number of rotatable bonds is 4. The first kappa shape index (κ1) is 14.3. The highest BCUT2D eigenvalue weighted by molar-refractivity contribution is 5.48. The maximum Gasteiger partial charge on any atom is 0.160 e. The Morgan fingerprint density at radius 3 is 2.74 bits per heavy atom. The van der Waals surface area contributed by atoms with Crippen molar-refractivity contribution in [2.45, 2.75) is 45.2 Å². The van der Waals surface area contributed by atoms with Crippen LogP contribution in [-0.2, 0) is 0 Å². The molecule has 0 saturated carbocycles. The molecule has 0 radical (unpaired) electrons. The van der Waals surface area contributed by atoms with E-state index in [0.717, 1.165) is 38.0 Å². The molecule has 1 aliphatic rings. The number of piperidine rings is 1. The van der Waals surface area contributed by atoms with Gasteiger partial charge in [0.15, 0.2) is 11.6 Å². The Hall–Kier alpha value is -1.16. The van der Waals surface area contributed by atoms with Crippen molar-refractivity contribution in [3.05, 3.63) is 29.8 Å². The number of hydrogen-bond acceptors (Lipinski definition) is 2. The monoisotopic (exact) mass is 268 g/mol. The van der Waals surface area contributed by atoms with E-state index in [4.69, 9.17) is 0 Å². The summed E-state index contributed by atoms with van der Waals surface area (Å²) in [6, 6.07) is 5.04. The lowest BCUT2D eigenvalue weighted by atomic mass is 9.97. The van der Waals surface area contributed by atoms with Crippen LogP contribution in [0.5, 0.6) is 0 Å². The van der Waals surface area contributed by atoms with Crippen molar-refractivity contribution in [2.75, 3.05) is 18.0 Å². The van der Waals surface area contributed by atoms with Gasteiger partial charge in [-0.1, -0.05) is 6.92 Å². The zero-order valence-corrected chi connectivity index (χ0v) is 11.6. The van der Waals surface area contributed by atoms with Crippen LogP contribution in [0.4, 0.5) is 14.5 Å². The molecule has 2 unspecified atom stereocenters. The Morgan fingerprint density at radius 1 is 1.32 bits per heavy atom. The second kappa shape index (κ2) is 6.33. The second-order valence-corrected chi connectivity index (χ2v) is 5.32. The van der Waals surface area contributed by atoms with Gasteiger partial charge in [0.1, 0.15) is 0 Å². The summed E-state index contributed by atoms with van der Waals surface area (Å²) < 4.78 is 26.3. The minimum atomic E-state index is -0.782. The molecule has 1 aromatic carbocycles. The molecule has 1 heterocycles. The molecule has 19 heavy (non-hydrogen) atoms. The molecule has 0 amide bonds. The first-order chi connectivity index (χ1) is 9.11. The van der Waals surface area contributed by atoms with Crippen LogP contribution in [0.25, 0.3) is 0 Å². The maximum atomic E-state index is 13.3. The highest BCUT2D eigenvalue weighted by Gasteiger charge is 2.25. The van der Waals surface area contributed by atoms with E-state index in [1.165, 1.54) is 12.1 Å². The lowest BCUT2D eigenvalue weighted by molar-refractivity contribution is 0.368. The smallest absolute Gasteiger partial charge is 0.160 e. The van der Waals surface area contributed by atoms with Gasteiger partial charge in [-0.2, -0.15) is 0 Å². The van der Waals surface area contributed by atoms with Crippen molar-refractivity contribution >= 4 is 5.69 Å². The standard InChI is InChI=1S/C15H22F2N2/c1-3-7-18-12-6-8-19(11(2)9-12)13-4-5-14(16)15(17)10-13/h4-5,10-12,18H,3,6-9H2,1-2H3. The largest absolute Gasteiger partial charge is 0.369 e. The third-order valence-electron chi connectivity index (χ3n) is 3.79. The predicted molar refractivity (Wildman–Crippen MR) is 74.5 cm³/mol. The van der Waals surface area contributed by atoms with E-state index in [1.54, 1.807) is 6.07 Å². The Morgan fingerprint density at radius 2 is 2.11 bits per heavy atom.